The minimum absolute atomic E-state index is 0.0176. The molecular formula is C37H50N6O11. The summed E-state index contributed by atoms with van der Waals surface area (Å²) in [5, 5.41) is 31.2. The number of fused-ring (bicyclic) bond motifs is 1. The van der Waals surface area contributed by atoms with E-state index in [0.717, 1.165) is 16.3 Å². The Morgan fingerprint density at radius 2 is 1.50 bits per heavy atom. The fourth-order valence-electron chi connectivity index (χ4n) is 5.44. The Balaban J connectivity index is 1.85. The second-order valence-electron chi connectivity index (χ2n) is 12.7. The summed E-state index contributed by atoms with van der Waals surface area (Å²) in [6.45, 7) is 2.22. The fraction of sp³-hybridized carbons (Fsp3) is 0.541. The quantitative estimate of drug-likeness (QED) is 0.0344. The van der Waals surface area contributed by atoms with Crippen molar-refractivity contribution in [2.24, 2.45) is 11.0 Å². The molecule has 3 atom stereocenters. The number of hydrogen-bond donors (Lipinski definition) is 5. The van der Waals surface area contributed by atoms with Crippen molar-refractivity contribution in [1.29, 1.82) is 0 Å². The van der Waals surface area contributed by atoms with Crippen LogP contribution in [-0.2, 0) is 44.7 Å². The van der Waals surface area contributed by atoms with Gasteiger partial charge in [-0.05, 0) is 67.3 Å². The van der Waals surface area contributed by atoms with Crippen LogP contribution in [0.15, 0.2) is 47.6 Å². The largest absolute Gasteiger partial charge is 0.481 e. The highest BCUT2D eigenvalue weighted by Gasteiger charge is 2.25. The van der Waals surface area contributed by atoms with E-state index in [2.05, 4.69) is 26.0 Å². The molecule has 0 spiro atoms. The van der Waals surface area contributed by atoms with Gasteiger partial charge in [0.05, 0.1) is 32.4 Å². The van der Waals surface area contributed by atoms with Crippen LogP contribution in [0.25, 0.3) is 21.2 Å². The molecule has 54 heavy (non-hydrogen) atoms. The second kappa shape index (κ2) is 25.6. The Morgan fingerprint density at radius 3 is 2.19 bits per heavy atom. The molecule has 0 saturated heterocycles. The molecular weight excluding hydrogens is 704 g/mol. The molecule has 0 aromatic heterocycles. The van der Waals surface area contributed by atoms with Gasteiger partial charge in [0.2, 0.25) is 5.91 Å². The Hall–Kier alpha value is -5.38. The standard InChI is InChI=1S/C37H50N6O11/c1-25(44)32(13-14-34(47)48)41-37(52)42-33(36(50)51)10-4-5-16-39-35(49)29(22-26-11-12-27-7-2-3-8-28(27)21-26)23-30(45)15-18-54-20-19-53-17-6-9-31(46)24-40-43-38/h2-3,7-8,11-12,21,29,32-33H,4-6,9-10,13-20,22-24H2,1H3,(H,39,49)(H,47,48)(H,50,51)(H2,41,42,52)/t29-,32+,33+/m1/s1. The minimum Gasteiger partial charge on any atom is -0.481 e. The maximum Gasteiger partial charge on any atom is 0.326 e. The Morgan fingerprint density at radius 1 is 0.796 bits per heavy atom. The first kappa shape index (κ1) is 44.8. The number of carboxylic acid groups (broad SMARTS) is 2. The first-order valence-corrected chi connectivity index (χ1v) is 17.9. The van der Waals surface area contributed by atoms with Crippen LogP contribution in [0.4, 0.5) is 4.79 Å². The third-order valence-electron chi connectivity index (χ3n) is 8.36. The summed E-state index contributed by atoms with van der Waals surface area (Å²) in [5.74, 6) is -4.21. The van der Waals surface area contributed by atoms with Crippen molar-refractivity contribution in [3.63, 3.8) is 0 Å². The molecule has 0 bridgehead atoms. The number of urea groups is 1. The molecule has 17 nitrogen and oxygen atoms in total. The van der Waals surface area contributed by atoms with Gasteiger partial charge < -0.3 is 35.6 Å². The van der Waals surface area contributed by atoms with E-state index in [-0.39, 0.29) is 88.9 Å². The van der Waals surface area contributed by atoms with Crippen LogP contribution in [0.1, 0.15) is 70.3 Å². The predicted molar refractivity (Wildman–Crippen MR) is 197 cm³/mol. The summed E-state index contributed by atoms with van der Waals surface area (Å²) in [5.41, 5.74) is 9.13. The lowest BCUT2D eigenvalue weighted by Crippen LogP contribution is -2.50. The van der Waals surface area contributed by atoms with Crippen LogP contribution in [0.5, 0.6) is 0 Å². The van der Waals surface area contributed by atoms with Gasteiger partial charge in [-0.3, -0.25) is 24.0 Å². The van der Waals surface area contributed by atoms with Gasteiger partial charge in [-0.25, -0.2) is 9.59 Å². The lowest BCUT2D eigenvalue weighted by molar-refractivity contribution is -0.139. The van der Waals surface area contributed by atoms with Crippen molar-refractivity contribution in [3.05, 3.63) is 58.5 Å². The lowest BCUT2D eigenvalue weighted by atomic mass is 9.91. The molecule has 5 N–H and O–H groups in total. The van der Waals surface area contributed by atoms with Gasteiger partial charge in [0, 0.05) is 49.7 Å². The molecule has 0 unspecified atom stereocenters. The van der Waals surface area contributed by atoms with Crippen molar-refractivity contribution in [2.45, 2.75) is 83.2 Å². The van der Waals surface area contributed by atoms with Crippen molar-refractivity contribution in [2.75, 3.05) is 39.5 Å². The number of carbonyl (C=O) groups excluding carboxylic acids is 5. The molecule has 0 fully saturated rings. The predicted octanol–water partition coefficient (Wildman–Crippen LogP) is 3.90. The number of Topliss-reactive ketones (excluding diaryl/α,β-unsaturated/α-hetero) is 3. The van der Waals surface area contributed by atoms with E-state index in [4.69, 9.17) is 20.1 Å². The van der Waals surface area contributed by atoms with Crippen molar-refractivity contribution >= 4 is 52.0 Å². The number of ether oxygens (including phenoxy) is 2. The number of nitrogens with zero attached hydrogens (tertiary/aromatic N) is 3. The molecule has 2 aromatic rings. The average molecular weight is 755 g/mol. The zero-order valence-corrected chi connectivity index (χ0v) is 30.5. The van der Waals surface area contributed by atoms with Gasteiger partial charge in [0.15, 0.2) is 5.78 Å². The number of carboxylic acids is 2. The summed E-state index contributed by atoms with van der Waals surface area (Å²) in [6, 6.07) is 10.4. The monoisotopic (exact) mass is 754 g/mol. The van der Waals surface area contributed by atoms with Crippen LogP contribution in [0, 0.1) is 5.92 Å². The molecule has 0 heterocycles. The van der Waals surface area contributed by atoms with Crippen LogP contribution in [0.2, 0.25) is 0 Å². The van der Waals surface area contributed by atoms with Crippen molar-refractivity contribution in [3.8, 4) is 0 Å². The first-order valence-electron chi connectivity index (χ1n) is 17.9. The van der Waals surface area contributed by atoms with Gasteiger partial charge in [0.1, 0.15) is 17.6 Å². The maximum atomic E-state index is 13.4. The highest BCUT2D eigenvalue weighted by molar-refractivity contribution is 5.89. The van der Waals surface area contributed by atoms with E-state index in [1.54, 1.807) is 0 Å². The van der Waals surface area contributed by atoms with Gasteiger partial charge >= 0.3 is 18.0 Å². The number of nitrogens with one attached hydrogen (secondary N) is 3. The number of hydrogen-bond acceptors (Lipinski definition) is 10. The van der Waals surface area contributed by atoms with E-state index in [0.29, 0.717) is 32.3 Å². The summed E-state index contributed by atoms with van der Waals surface area (Å²) >= 11 is 0. The number of unbranched alkanes of at least 4 members (excludes halogenated alkanes) is 1. The SMILES string of the molecule is CC(=O)[C@H](CCC(=O)O)NC(=O)N[C@@H](CCCCNC(=O)[C@@H](CC(=O)CCOCCOCCCC(=O)CN=[N+]=[N-])Cc1ccc2ccccc2c1)C(=O)O. The molecule has 2 rings (SSSR count). The van der Waals surface area contributed by atoms with E-state index in [9.17, 15) is 38.7 Å². The summed E-state index contributed by atoms with van der Waals surface area (Å²) < 4.78 is 10.9. The zero-order chi connectivity index (χ0) is 39.7. The van der Waals surface area contributed by atoms with E-state index in [1.165, 1.54) is 6.92 Å². The fourth-order valence-corrected chi connectivity index (χ4v) is 5.44. The summed E-state index contributed by atoms with van der Waals surface area (Å²) in [4.78, 5) is 87.1. The van der Waals surface area contributed by atoms with Crippen LogP contribution in [-0.4, -0.2) is 103 Å². The van der Waals surface area contributed by atoms with Gasteiger partial charge in [0.25, 0.3) is 0 Å². The number of rotatable bonds is 29. The Labute approximate surface area is 313 Å². The number of ketones is 3. The van der Waals surface area contributed by atoms with Gasteiger partial charge in [-0.2, -0.15) is 0 Å². The molecule has 17 heteroatoms. The number of amides is 3. The normalized spacial score (nSPS) is 12.5. The highest BCUT2D eigenvalue weighted by Crippen LogP contribution is 2.20. The molecule has 0 saturated carbocycles. The Kier molecular flexibility index (Phi) is 21.2. The first-order chi connectivity index (χ1) is 25.9. The van der Waals surface area contributed by atoms with Gasteiger partial charge in [-0.15, -0.1) is 0 Å². The molecule has 0 aliphatic heterocycles. The number of carbonyl (C=O) groups is 7. The van der Waals surface area contributed by atoms with Crippen LogP contribution in [0.3, 0.4) is 0 Å². The van der Waals surface area contributed by atoms with Gasteiger partial charge in [-0.1, -0.05) is 47.6 Å². The van der Waals surface area contributed by atoms with Crippen LogP contribution < -0.4 is 16.0 Å². The van der Waals surface area contributed by atoms with Crippen molar-refractivity contribution in [1.82, 2.24) is 16.0 Å². The topological polar surface area (TPSA) is 263 Å². The smallest absolute Gasteiger partial charge is 0.326 e. The highest BCUT2D eigenvalue weighted by atomic mass is 16.5. The van der Waals surface area contributed by atoms with Crippen LogP contribution >= 0.6 is 0 Å². The number of aliphatic carboxylic acids is 2. The molecule has 2 aromatic carbocycles. The van der Waals surface area contributed by atoms with E-state index in [1.807, 2.05) is 42.5 Å². The molecule has 0 aliphatic rings. The maximum absolute atomic E-state index is 13.4. The molecule has 0 aliphatic carbocycles. The van der Waals surface area contributed by atoms with Crippen molar-refractivity contribution < 1.29 is 53.2 Å². The summed E-state index contributed by atoms with van der Waals surface area (Å²) in [7, 11) is 0. The lowest BCUT2D eigenvalue weighted by Gasteiger charge is -2.19. The minimum atomic E-state index is -1.29. The Bertz CT molecular complexity index is 1630. The molecule has 294 valence electrons. The molecule has 3 amide bonds. The number of azide groups is 1. The number of benzene rings is 2. The third-order valence-corrected chi connectivity index (χ3v) is 8.36. The average Bonchev–Trinajstić information content (AvgIpc) is 3.13. The second-order valence-corrected chi connectivity index (χ2v) is 12.7. The van der Waals surface area contributed by atoms with E-state index < -0.39 is 41.8 Å². The molecule has 0 radical (unpaired) electrons. The zero-order valence-electron chi connectivity index (χ0n) is 30.5. The third kappa shape index (κ3) is 18.9. The summed E-state index contributed by atoms with van der Waals surface area (Å²) in [6.07, 6.45) is 1.37. The van der Waals surface area contributed by atoms with E-state index >= 15 is 0 Å².